The van der Waals surface area contributed by atoms with Crippen molar-refractivity contribution in [2.75, 3.05) is 7.11 Å². The van der Waals surface area contributed by atoms with Crippen LogP contribution in [-0.2, 0) is 4.74 Å². The molecule has 1 aromatic rings. The highest BCUT2D eigenvalue weighted by atomic mass is 79.9. The number of rotatable bonds is 2. The van der Waals surface area contributed by atoms with Gasteiger partial charge in [-0.15, -0.1) is 0 Å². The number of halogens is 1. The van der Waals surface area contributed by atoms with Crippen LogP contribution in [0.4, 0.5) is 0 Å². The molecule has 0 spiro atoms. The summed E-state index contributed by atoms with van der Waals surface area (Å²) in [5.41, 5.74) is 0.169. The van der Waals surface area contributed by atoms with Gasteiger partial charge in [0.2, 0.25) is 0 Å². The number of esters is 1. The third kappa shape index (κ3) is 3.52. The van der Waals surface area contributed by atoms with E-state index in [0.717, 1.165) is 4.47 Å². The molecule has 0 radical (unpaired) electrons. The average molecular weight is 287 g/mol. The predicted octanol–water partition coefficient (Wildman–Crippen LogP) is 3.41. The zero-order chi connectivity index (χ0) is 12.3. The van der Waals surface area contributed by atoms with Gasteiger partial charge in [-0.2, -0.15) is 0 Å². The van der Waals surface area contributed by atoms with E-state index in [1.807, 2.05) is 20.8 Å². The molecule has 1 rings (SSSR count). The molecule has 0 fully saturated rings. The van der Waals surface area contributed by atoms with Gasteiger partial charge in [0.05, 0.1) is 17.1 Å². The van der Waals surface area contributed by atoms with Crippen LogP contribution in [0.2, 0.25) is 0 Å². The summed E-state index contributed by atoms with van der Waals surface area (Å²) in [6.45, 7) is 5.85. The Hall–Kier alpha value is -1.03. The highest BCUT2D eigenvalue weighted by molar-refractivity contribution is 9.10. The average Bonchev–Trinajstić information content (AvgIpc) is 2.18. The first-order valence-electron chi connectivity index (χ1n) is 4.90. The van der Waals surface area contributed by atoms with Crippen LogP contribution in [-0.4, -0.2) is 18.7 Å². The standard InChI is InChI=1S/C12H15BrO3/c1-12(2,3)16-10-7-8(11(14)15-4)5-6-9(10)13/h5-7H,1-4H3. The van der Waals surface area contributed by atoms with Gasteiger partial charge >= 0.3 is 5.97 Å². The Morgan fingerprint density at radius 1 is 1.31 bits per heavy atom. The molecule has 0 aliphatic rings. The van der Waals surface area contributed by atoms with Crippen molar-refractivity contribution in [3.63, 3.8) is 0 Å². The molecular formula is C12H15BrO3. The van der Waals surface area contributed by atoms with Crippen LogP contribution in [0.1, 0.15) is 31.1 Å². The Kier molecular flexibility index (Phi) is 3.97. The van der Waals surface area contributed by atoms with Gasteiger partial charge in [0.25, 0.3) is 0 Å². The second kappa shape index (κ2) is 4.87. The molecule has 0 aromatic heterocycles. The summed E-state index contributed by atoms with van der Waals surface area (Å²) in [5, 5.41) is 0. The molecular weight excluding hydrogens is 272 g/mol. The molecule has 88 valence electrons. The topological polar surface area (TPSA) is 35.5 Å². The summed E-state index contributed by atoms with van der Waals surface area (Å²) in [6, 6.07) is 5.12. The second-order valence-corrected chi connectivity index (χ2v) is 5.21. The molecule has 3 nitrogen and oxygen atoms in total. The van der Waals surface area contributed by atoms with Crippen LogP contribution < -0.4 is 4.74 Å². The highest BCUT2D eigenvalue weighted by Crippen LogP contribution is 2.29. The first kappa shape index (κ1) is 13.0. The van der Waals surface area contributed by atoms with Crippen molar-refractivity contribution < 1.29 is 14.3 Å². The number of methoxy groups -OCH3 is 1. The van der Waals surface area contributed by atoms with Gasteiger partial charge in [-0.1, -0.05) is 0 Å². The Morgan fingerprint density at radius 3 is 2.44 bits per heavy atom. The van der Waals surface area contributed by atoms with E-state index < -0.39 is 0 Å². The zero-order valence-electron chi connectivity index (χ0n) is 9.83. The van der Waals surface area contributed by atoms with Gasteiger partial charge in [0, 0.05) is 0 Å². The normalized spacial score (nSPS) is 11.1. The minimum absolute atomic E-state index is 0.308. The van der Waals surface area contributed by atoms with Crippen LogP contribution in [0.15, 0.2) is 22.7 Å². The fraction of sp³-hybridized carbons (Fsp3) is 0.417. The molecule has 0 saturated heterocycles. The van der Waals surface area contributed by atoms with Crippen molar-refractivity contribution in [1.29, 1.82) is 0 Å². The molecule has 0 bridgehead atoms. The second-order valence-electron chi connectivity index (χ2n) is 4.35. The summed E-state index contributed by atoms with van der Waals surface area (Å²) < 4.78 is 11.2. The van der Waals surface area contributed by atoms with Gasteiger partial charge in [-0.3, -0.25) is 0 Å². The van der Waals surface area contributed by atoms with Crippen LogP contribution in [0.5, 0.6) is 5.75 Å². The lowest BCUT2D eigenvalue weighted by Gasteiger charge is -2.22. The lowest BCUT2D eigenvalue weighted by Crippen LogP contribution is -2.23. The quantitative estimate of drug-likeness (QED) is 0.782. The third-order valence-electron chi connectivity index (χ3n) is 1.77. The molecule has 0 aliphatic heterocycles. The van der Waals surface area contributed by atoms with E-state index in [-0.39, 0.29) is 11.6 Å². The Morgan fingerprint density at radius 2 is 1.94 bits per heavy atom. The van der Waals surface area contributed by atoms with E-state index in [1.54, 1.807) is 18.2 Å². The number of carbonyl (C=O) groups is 1. The maximum atomic E-state index is 11.3. The van der Waals surface area contributed by atoms with E-state index in [9.17, 15) is 4.79 Å². The molecule has 0 saturated carbocycles. The summed E-state index contributed by atoms with van der Waals surface area (Å²) in [6.07, 6.45) is 0. The molecule has 0 atom stereocenters. The van der Waals surface area contributed by atoms with Gasteiger partial charge in [-0.25, -0.2) is 4.79 Å². The van der Waals surface area contributed by atoms with Crippen molar-refractivity contribution in [3.8, 4) is 5.75 Å². The van der Waals surface area contributed by atoms with Crippen LogP contribution >= 0.6 is 15.9 Å². The lowest BCUT2D eigenvalue weighted by molar-refractivity contribution is 0.0598. The fourth-order valence-electron chi connectivity index (χ4n) is 1.16. The van der Waals surface area contributed by atoms with Crippen molar-refractivity contribution in [2.24, 2.45) is 0 Å². The predicted molar refractivity (Wildman–Crippen MR) is 65.9 cm³/mol. The third-order valence-corrected chi connectivity index (χ3v) is 2.42. The number of benzene rings is 1. The first-order chi connectivity index (χ1) is 7.33. The van der Waals surface area contributed by atoms with Crippen molar-refractivity contribution in [2.45, 2.75) is 26.4 Å². The lowest BCUT2D eigenvalue weighted by atomic mass is 10.1. The Bertz CT molecular complexity index is 394. The molecule has 0 N–H and O–H groups in total. The molecule has 4 heteroatoms. The minimum atomic E-state index is -0.369. The summed E-state index contributed by atoms with van der Waals surface area (Å²) in [7, 11) is 1.36. The van der Waals surface area contributed by atoms with Gasteiger partial charge < -0.3 is 9.47 Å². The van der Waals surface area contributed by atoms with Crippen molar-refractivity contribution in [1.82, 2.24) is 0 Å². The largest absolute Gasteiger partial charge is 0.487 e. The fourth-order valence-corrected chi connectivity index (χ4v) is 1.48. The first-order valence-corrected chi connectivity index (χ1v) is 5.69. The van der Waals surface area contributed by atoms with E-state index in [0.29, 0.717) is 11.3 Å². The van der Waals surface area contributed by atoms with Crippen LogP contribution in [0, 0.1) is 0 Å². The minimum Gasteiger partial charge on any atom is -0.487 e. The summed E-state index contributed by atoms with van der Waals surface area (Å²) in [4.78, 5) is 11.3. The number of ether oxygens (including phenoxy) is 2. The van der Waals surface area contributed by atoms with Crippen LogP contribution in [0.3, 0.4) is 0 Å². The van der Waals surface area contributed by atoms with Crippen LogP contribution in [0.25, 0.3) is 0 Å². The van der Waals surface area contributed by atoms with Gasteiger partial charge in [-0.05, 0) is 54.9 Å². The Balaban J connectivity index is 3.04. The SMILES string of the molecule is COC(=O)c1ccc(Br)c(OC(C)(C)C)c1. The highest BCUT2D eigenvalue weighted by Gasteiger charge is 2.16. The van der Waals surface area contributed by atoms with Crippen molar-refractivity contribution >= 4 is 21.9 Å². The number of hydrogen-bond donors (Lipinski definition) is 0. The number of carbonyl (C=O) groups excluding carboxylic acids is 1. The molecule has 0 aliphatic carbocycles. The van der Waals surface area contributed by atoms with Crippen molar-refractivity contribution in [3.05, 3.63) is 28.2 Å². The molecule has 0 unspecified atom stereocenters. The maximum absolute atomic E-state index is 11.3. The van der Waals surface area contributed by atoms with E-state index in [2.05, 4.69) is 20.7 Å². The molecule has 16 heavy (non-hydrogen) atoms. The molecule has 1 aromatic carbocycles. The van der Waals surface area contributed by atoms with Gasteiger partial charge in [0.1, 0.15) is 11.4 Å². The monoisotopic (exact) mass is 286 g/mol. The molecule has 0 amide bonds. The number of hydrogen-bond acceptors (Lipinski definition) is 3. The smallest absolute Gasteiger partial charge is 0.337 e. The van der Waals surface area contributed by atoms with E-state index in [4.69, 9.17) is 4.74 Å². The Labute approximate surface area is 104 Å². The zero-order valence-corrected chi connectivity index (χ0v) is 11.4. The van der Waals surface area contributed by atoms with E-state index >= 15 is 0 Å². The van der Waals surface area contributed by atoms with E-state index in [1.165, 1.54) is 7.11 Å². The summed E-state index contributed by atoms with van der Waals surface area (Å²) in [5.74, 6) is 0.265. The molecule has 0 heterocycles. The van der Waals surface area contributed by atoms with Gasteiger partial charge in [0.15, 0.2) is 0 Å². The summed E-state index contributed by atoms with van der Waals surface area (Å²) >= 11 is 3.38. The maximum Gasteiger partial charge on any atom is 0.337 e.